The molecular formula is C14H20N2O2. The van der Waals surface area contributed by atoms with Gasteiger partial charge in [0.05, 0.1) is 0 Å². The van der Waals surface area contributed by atoms with Crippen LogP contribution < -0.4 is 15.2 Å². The molecule has 2 aliphatic rings. The molecule has 0 spiro atoms. The van der Waals surface area contributed by atoms with E-state index >= 15 is 0 Å². The second-order valence-electron chi connectivity index (χ2n) is 5.14. The van der Waals surface area contributed by atoms with Gasteiger partial charge in [-0.3, -0.25) is 4.90 Å². The summed E-state index contributed by atoms with van der Waals surface area (Å²) in [6.07, 6.45) is 2.31. The predicted molar refractivity (Wildman–Crippen MR) is 70.0 cm³/mol. The van der Waals surface area contributed by atoms with E-state index in [1.54, 1.807) is 0 Å². The minimum absolute atomic E-state index is 0.134. The van der Waals surface area contributed by atoms with Gasteiger partial charge in [-0.25, -0.2) is 0 Å². The molecule has 2 heterocycles. The number of benzene rings is 1. The maximum Gasteiger partial charge on any atom is 0.161 e. The van der Waals surface area contributed by atoms with Gasteiger partial charge in [0.25, 0.3) is 0 Å². The van der Waals surface area contributed by atoms with Crippen LogP contribution in [0.15, 0.2) is 24.3 Å². The largest absolute Gasteiger partial charge is 0.486 e. The van der Waals surface area contributed by atoms with Crippen molar-refractivity contribution in [1.29, 1.82) is 0 Å². The first kappa shape index (κ1) is 11.8. The van der Waals surface area contributed by atoms with Gasteiger partial charge < -0.3 is 15.2 Å². The average molecular weight is 248 g/mol. The quantitative estimate of drug-likeness (QED) is 0.855. The van der Waals surface area contributed by atoms with Gasteiger partial charge in [0.1, 0.15) is 12.7 Å². The van der Waals surface area contributed by atoms with Gasteiger partial charge in [0.2, 0.25) is 0 Å². The van der Waals surface area contributed by atoms with Crippen LogP contribution >= 0.6 is 0 Å². The van der Waals surface area contributed by atoms with Crippen molar-refractivity contribution in [2.24, 2.45) is 5.73 Å². The van der Waals surface area contributed by atoms with Crippen molar-refractivity contribution in [3.63, 3.8) is 0 Å². The summed E-state index contributed by atoms with van der Waals surface area (Å²) in [5, 5.41) is 0. The summed E-state index contributed by atoms with van der Waals surface area (Å²) in [6, 6.07) is 8.24. The zero-order valence-corrected chi connectivity index (χ0v) is 10.5. The van der Waals surface area contributed by atoms with E-state index in [4.69, 9.17) is 15.2 Å². The molecule has 2 aliphatic heterocycles. The van der Waals surface area contributed by atoms with Gasteiger partial charge in [-0.2, -0.15) is 0 Å². The minimum Gasteiger partial charge on any atom is -0.486 e. The number of rotatable bonds is 2. The van der Waals surface area contributed by atoms with Crippen molar-refractivity contribution < 1.29 is 9.47 Å². The van der Waals surface area contributed by atoms with Gasteiger partial charge in [-0.05, 0) is 38.1 Å². The van der Waals surface area contributed by atoms with Gasteiger partial charge in [-0.1, -0.05) is 12.1 Å². The van der Waals surface area contributed by atoms with Crippen LogP contribution in [0.5, 0.6) is 11.5 Å². The Morgan fingerprint density at radius 2 is 1.89 bits per heavy atom. The lowest BCUT2D eigenvalue weighted by Crippen LogP contribution is -2.46. The van der Waals surface area contributed by atoms with Crippen molar-refractivity contribution in [2.45, 2.75) is 25.0 Å². The van der Waals surface area contributed by atoms with E-state index in [2.05, 4.69) is 4.90 Å². The number of hydrogen-bond acceptors (Lipinski definition) is 4. The number of fused-ring (bicyclic) bond motifs is 1. The summed E-state index contributed by atoms with van der Waals surface area (Å²) in [5.74, 6) is 1.72. The first-order chi connectivity index (χ1) is 8.81. The maximum atomic E-state index is 5.96. The molecule has 4 heteroatoms. The second-order valence-corrected chi connectivity index (χ2v) is 5.14. The Kier molecular flexibility index (Phi) is 3.39. The molecule has 0 aliphatic carbocycles. The molecule has 1 unspecified atom stereocenters. The molecule has 0 bridgehead atoms. The van der Waals surface area contributed by atoms with Crippen LogP contribution in [0, 0.1) is 0 Å². The number of ether oxygens (including phenoxy) is 2. The van der Waals surface area contributed by atoms with Gasteiger partial charge in [0.15, 0.2) is 11.5 Å². The van der Waals surface area contributed by atoms with E-state index in [9.17, 15) is 0 Å². The third kappa shape index (κ3) is 2.60. The number of para-hydroxylation sites is 2. The fourth-order valence-electron chi connectivity index (χ4n) is 2.58. The van der Waals surface area contributed by atoms with Crippen molar-refractivity contribution in [1.82, 2.24) is 4.90 Å². The van der Waals surface area contributed by atoms with Gasteiger partial charge >= 0.3 is 0 Å². The van der Waals surface area contributed by atoms with Crippen LogP contribution in [0.25, 0.3) is 0 Å². The van der Waals surface area contributed by atoms with E-state index in [1.165, 1.54) is 0 Å². The van der Waals surface area contributed by atoms with Crippen LogP contribution in [-0.4, -0.2) is 43.3 Å². The number of nitrogens with two attached hydrogens (primary N) is 1. The van der Waals surface area contributed by atoms with Crippen LogP contribution in [0.2, 0.25) is 0 Å². The molecule has 1 saturated heterocycles. The summed E-state index contributed by atoms with van der Waals surface area (Å²) < 4.78 is 11.7. The summed E-state index contributed by atoms with van der Waals surface area (Å²) >= 11 is 0. The van der Waals surface area contributed by atoms with E-state index in [1.807, 2.05) is 24.3 Å². The maximum absolute atomic E-state index is 5.96. The zero-order valence-electron chi connectivity index (χ0n) is 10.5. The van der Waals surface area contributed by atoms with Crippen LogP contribution in [0.4, 0.5) is 0 Å². The highest BCUT2D eigenvalue weighted by atomic mass is 16.6. The molecule has 1 aromatic rings. The highest BCUT2D eigenvalue weighted by Crippen LogP contribution is 2.31. The molecule has 0 saturated carbocycles. The highest BCUT2D eigenvalue weighted by molar-refractivity contribution is 5.40. The topological polar surface area (TPSA) is 47.7 Å². The molecule has 3 rings (SSSR count). The number of likely N-dealkylation sites (tertiary alicyclic amines) is 1. The average Bonchev–Trinajstić information content (AvgIpc) is 2.41. The van der Waals surface area contributed by atoms with E-state index < -0.39 is 0 Å². The lowest BCUT2D eigenvalue weighted by Gasteiger charge is -2.34. The number of hydrogen-bond donors (Lipinski definition) is 1. The number of piperidine rings is 1. The molecule has 1 aromatic carbocycles. The molecule has 4 nitrogen and oxygen atoms in total. The van der Waals surface area contributed by atoms with Crippen molar-refractivity contribution >= 4 is 0 Å². The molecule has 0 radical (unpaired) electrons. The smallest absolute Gasteiger partial charge is 0.161 e. The van der Waals surface area contributed by atoms with E-state index in [-0.39, 0.29) is 6.10 Å². The molecular weight excluding hydrogens is 228 g/mol. The second kappa shape index (κ2) is 5.16. The predicted octanol–water partition coefficient (Wildman–Crippen LogP) is 1.25. The summed E-state index contributed by atoms with van der Waals surface area (Å²) in [7, 11) is 0. The standard InChI is InChI=1S/C14H20N2O2/c15-11-5-7-16(8-6-11)9-12-10-17-13-3-1-2-4-14(13)18-12/h1-4,11-12H,5-10,15H2. The normalized spacial score (nSPS) is 25.1. The monoisotopic (exact) mass is 248 g/mol. The molecule has 0 aromatic heterocycles. The zero-order chi connectivity index (χ0) is 12.4. The molecule has 18 heavy (non-hydrogen) atoms. The Hall–Kier alpha value is -1.26. The van der Waals surface area contributed by atoms with Crippen LogP contribution in [0.1, 0.15) is 12.8 Å². The third-order valence-electron chi connectivity index (χ3n) is 3.66. The highest BCUT2D eigenvalue weighted by Gasteiger charge is 2.24. The summed E-state index contributed by atoms with van der Waals surface area (Å²) in [4.78, 5) is 2.42. The Morgan fingerprint density at radius 3 is 2.67 bits per heavy atom. The van der Waals surface area contributed by atoms with Crippen LogP contribution in [0.3, 0.4) is 0 Å². The van der Waals surface area contributed by atoms with E-state index in [0.29, 0.717) is 12.6 Å². The number of nitrogens with zero attached hydrogens (tertiary/aromatic N) is 1. The summed E-state index contributed by atoms with van der Waals surface area (Å²) in [6.45, 7) is 3.71. The lowest BCUT2D eigenvalue weighted by atomic mass is 10.1. The van der Waals surface area contributed by atoms with Crippen LogP contribution in [-0.2, 0) is 0 Å². The third-order valence-corrected chi connectivity index (χ3v) is 3.66. The van der Waals surface area contributed by atoms with Crippen molar-refractivity contribution in [3.8, 4) is 11.5 Å². The first-order valence-electron chi connectivity index (χ1n) is 6.67. The fraction of sp³-hybridized carbons (Fsp3) is 0.571. The summed E-state index contributed by atoms with van der Waals surface area (Å²) in [5.41, 5.74) is 5.91. The molecule has 1 fully saturated rings. The molecule has 98 valence electrons. The fourth-order valence-corrected chi connectivity index (χ4v) is 2.58. The van der Waals surface area contributed by atoms with E-state index in [0.717, 1.165) is 44.0 Å². The SMILES string of the molecule is NC1CCN(CC2COc3ccccc3O2)CC1. The molecule has 2 N–H and O–H groups in total. The Bertz CT molecular complexity index is 403. The molecule has 0 amide bonds. The Balaban J connectivity index is 1.56. The molecule has 1 atom stereocenters. The van der Waals surface area contributed by atoms with Gasteiger partial charge in [-0.15, -0.1) is 0 Å². The van der Waals surface area contributed by atoms with Crippen molar-refractivity contribution in [2.75, 3.05) is 26.2 Å². The Labute approximate surface area is 108 Å². The lowest BCUT2D eigenvalue weighted by molar-refractivity contribution is 0.0516. The van der Waals surface area contributed by atoms with Gasteiger partial charge in [0, 0.05) is 12.6 Å². The minimum atomic E-state index is 0.134. The van der Waals surface area contributed by atoms with Crippen molar-refractivity contribution in [3.05, 3.63) is 24.3 Å². The first-order valence-corrected chi connectivity index (χ1v) is 6.67. The Morgan fingerprint density at radius 1 is 1.17 bits per heavy atom.